The smallest absolute Gasteiger partial charge is 0.225 e. The Morgan fingerprint density at radius 3 is 2.52 bits per heavy atom. The van der Waals surface area contributed by atoms with Crippen LogP contribution in [0.25, 0.3) is 0 Å². The predicted octanol–water partition coefficient (Wildman–Crippen LogP) is 3.49. The Morgan fingerprint density at radius 1 is 1.21 bits per heavy atom. The van der Waals surface area contributed by atoms with Gasteiger partial charge >= 0.3 is 0 Å². The molecule has 2 N–H and O–H groups in total. The van der Waals surface area contributed by atoms with Crippen molar-refractivity contribution in [3.63, 3.8) is 0 Å². The zero-order valence-corrected chi connectivity index (χ0v) is 20.6. The van der Waals surface area contributed by atoms with E-state index in [-0.39, 0.29) is 17.9 Å². The third kappa shape index (κ3) is 5.52. The molecule has 1 atom stereocenters. The zero-order chi connectivity index (χ0) is 23.4. The van der Waals surface area contributed by atoms with E-state index in [9.17, 15) is 4.79 Å². The van der Waals surface area contributed by atoms with Crippen molar-refractivity contribution < 1.29 is 9.63 Å². The molecule has 9 heteroatoms. The number of rotatable bonds is 6. The number of carbonyl (C=O) groups excluding carboxylic acids is 1. The van der Waals surface area contributed by atoms with Gasteiger partial charge in [-0.3, -0.25) is 9.69 Å². The molecule has 0 saturated carbocycles. The van der Waals surface area contributed by atoms with Crippen LogP contribution in [0.5, 0.6) is 0 Å². The van der Waals surface area contributed by atoms with Crippen LogP contribution < -0.4 is 5.73 Å². The number of aryl methyl sites for hydroxylation is 1. The van der Waals surface area contributed by atoms with Crippen LogP contribution in [0.15, 0.2) is 28.9 Å². The molecule has 0 bridgehead atoms. The Morgan fingerprint density at radius 2 is 1.91 bits per heavy atom. The number of oxime groups is 1. The summed E-state index contributed by atoms with van der Waals surface area (Å²) in [5.41, 5.74) is 8.85. The second kappa shape index (κ2) is 10.6. The number of amides is 1. The molecule has 0 aliphatic carbocycles. The number of pyridine rings is 1. The van der Waals surface area contributed by atoms with E-state index in [1.54, 1.807) is 24.6 Å². The van der Waals surface area contributed by atoms with E-state index in [1.165, 1.54) is 5.56 Å². The molecular formula is C24H34N6O2S. The zero-order valence-electron chi connectivity index (χ0n) is 19.7. The minimum Gasteiger partial charge on any atom is -0.399 e. The second-order valence-electron chi connectivity index (χ2n) is 9.01. The number of hydrogen-bond donors (Lipinski definition) is 1. The van der Waals surface area contributed by atoms with Crippen LogP contribution >= 0.6 is 11.3 Å². The molecule has 1 unspecified atom stereocenters. The fourth-order valence-electron chi connectivity index (χ4n) is 5.01. The van der Waals surface area contributed by atoms with E-state index < -0.39 is 0 Å². The molecule has 2 saturated heterocycles. The van der Waals surface area contributed by atoms with E-state index in [2.05, 4.69) is 31.8 Å². The van der Waals surface area contributed by atoms with Gasteiger partial charge in [0.1, 0.15) is 18.6 Å². The van der Waals surface area contributed by atoms with Gasteiger partial charge in [0.15, 0.2) is 0 Å². The van der Waals surface area contributed by atoms with Gasteiger partial charge in [0.2, 0.25) is 5.91 Å². The number of piperidine rings is 2. The summed E-state index contributed by atoms with van der Waals surface area (Å²) in [4.78, 5) is 31.5. The Balaban J connectivity index is 1.29. The van der Waals surface area contributed by atoms with Gasteiger partial charge in [0.25, 0.3) is 0 Å². The van der Waals surface area contributed by atoms with E-state index >= 15 is 0 Å². The average Bonchev–Trinajstić information content (AvgIpc) is 3.27. The molecule has 8 nitrogen and oxygen atoms in total. The predicted molar refractivity (Wildman–Crippen MR) is 131 cm³/mol. The number of hydrogen-bond acceptors (Lipinski definition) is 8. The fourth-order valence-corrected chi connectivity index (χ4v) is 5.62. The number of aromatic nitrogens is 2. The third-order valence-corrected chi connectivity index (χ3v) is 7.75. The Hall–Kier alpha value is -2.52. The highest BCUT2D eigenvalue weighted by Crippen LogP contribution is 2.30. The van der Waals surface area contributed by atoms with Gasteiger partial charge in [-0.1, -0.05) is 5.16 Å². The average molecular weight is 471 g/mol. The van der Waals surface area contributed by atoms with Crippen LogP contribution in [0.4, 0.5) is 5.82 Å². The highest BCUT2D eigenvalue weighted by molar-refractivity contribution is 7.09. The minimum atomic E-state index is 0.112. The molecule has 2 fully saturated rings. The summed E-state index contributed by atoms with van der Waals surface area (Å²) in [5.74, 6) is 1.24. The number of anilines is 1. The lowest BCUT2D eigenvalue weighted by Crippen LogP contribution is -2.46. The van der Waals surface area contributed by atoms with E-state index in [4.69, 9.17) is 10.6 Å². The summed E-state index contributed by atoms with van der Waals surface area (Å²) >= 11 is 1.62. The summed E-state index contributed by atoms with van der Waals surface area (Å²) in [5, 5.41) is 7.35. The number of nitrogen functional groups attached to an aromatic ring is 1. The Bertz CT molecular complexity index is 977. The maximum absolute atomic E-state index is 13.2. The van der Waals surface area contributed by atoms with Crippen molar-refractivity contribution in [1.82, 2.24) is 19.8 Å². The summed E-state index contributed by atoms with van der Waals surface area (Å²) in [6, 6.07) is 4.24. The topological polar surface area (TPSA) is 96.9 Å². The quantitative estimate of drug-likeness (QED) is 0.513. The van der Waals surface area contributed by atoms with Crippen molar-refractivity contribution in [2.24, 2.45) is 17.0 Å². The molecule has 2 aromatic rings. The summed E-state index contributed by atoms with van der Waals surface area (Å²) in [7, 11) is 1.58. The maximum atomic E-state index is 13.2. The van der Waals surface area contributed by atoms with Gasteiger partial charge in [0, 0.05) is 42.5 Å². The normalized spacial score (nSPS) is 20.1. The van der Waals surface area contributed by atoms with E-state index in [0.29, 0.717) is 11.7 Å². The number of nitrogens with two attached hydrogens (primary N) is 1. The van der Waals surface area contributed by atoms with E-state index in [0.717, 1.165) is 68.3 Å². The first-order valence-electron chi connectivity index (χ1n) is 11.7. The largest absolute Gasteiger partial charge is 0.399 e. The second-order valence-corrected chi connectivity index (χ2v) is 10.1. The SMILES string of the molecule is CON=C(c1csc(C)n1)C1CCN(C(=O)C2CCN(C(C)c3ccnc(N)c3)CC2)CC1. The van der Waals surface area contributed by atoms with Crippen LogP contribution in [-0.4, -0.2) is 64.7 Å². The molecule has 4 heterocycles. The lowest BCUT2D eigenvalue weighted by Gasteiger charge is -2.39. The molecule has 2 aromatic heterocycles. The molecule has 33 heavy (non-hydrogen) atoms. The molecule has 2 aliphatic rings. The van der Waals surface area contributed by atoms with Crippen LogP contribution in [0.1, 0.15) is 54.9 Å². The highest BCUT2D eigenvalue weighted by atomic mass is 32.1. The van der Waals surface area contributed by atoms with Crippen LogP contribution in [0.3, 0.4) is 0 Å². The van der Waals surface area contributed by atoms with Gasteiger partial charge < -0.3 is 15.5 Å². The first-order chi connectivity index (χ1) is 16.0. The summed E-state index contributed by atoms with van der Waals surface area (Å²) in [6.45, 7) is 7.57. The molecule has 1 amide bonds. The van der Waals surface area contributed by atoms with Crippen LogP contribution in [0.2, 0.25) is 0 Å². The molecule has 4 rings (SSSR count). The molecule has 0 aromatic carbocycles. The lowest BCUT2D eigenvalue weighted by molar-refractivity contribution is -0.138. The van der Waals surface area contributed by atoms with Crippen LogP contribution in [-0.2, 0) is 9.63 Å². The number of nitrogens with zero attached hydrogens (tertiary/aromatic N) is 5. The van der Waals surface area contributed by atoms with Crippen molar-refractivity contribution in [3.8, 4) is 0 Å². The molecular weight excluding hydrogens is 436 g/mol. The first kappa shape index (κ1) is 23.6. The standard InChI is InChI=1S/C24H34N6O2S/c1-16(20-4-9-26-22(25)14-20)29-10-7-19(8-11-29)24(31)30-12-5-18(6-13-30)23(28-32-3)21-15-33-17(2)27-21/h4,9,14-16,18-19H,5-8,10-13H2,1-3H3,(H2,25,26). The van der Waals surface area contributed by atoms with Crippen LogP contribution in [0, 0.1) is 18.8 Å². The molecule has 0 spiro atoms. The molecule has 2 aliphatic heterocycles. The number of likely N-dealkylation sites (tertiary alicyclic amines) is 2. The van der Waals surface area contributed by atoms with Gasteiger partial charge in [-0.15, -0.1) is 11.3 Å². The van der Waals surface area contributed by atoms with Gasteiger partial charge in [0.05, 0.1) is 10.7 Å². The van der Waals surface area contributed by atoms with Crippen molar-refractivity contribution in [1.29, 1.82) is 0 Å². The number of thiazole rings is 1. The number of carbonyl (C=O) groups is 1. The van der Waals surface area contributed by atoms with Gasteiger partial charge in [-0.05, 0) is 70.3 Å². The van der Waals surface area contributed by atoms with E-state index in [1.807, 2.05) is 24.4 Å². The van der Waals surface area contributed by atoms with Crippen molar-refractivity contribution >= 4 is 28.8 Å². The Labute approximate surface area is 199 Å². The summed E-state index contributed by atoms with van der Waals surface area (Å²) < 4.78 is 0. The Kier molecular flexibility index (Phi) is 7.60. The summed E-state index contributed by atoms with van der Waals surface area (Å²) in [6.07, 6.45) is 5.35. The van der Waals surface area contributed by atoms with Crippen molar-refractivity contribution in [2.75, 3.05) is 39.0 Å². The van der Waals surface area contributed by atoms with Crippen molar-refractivity contribution in [3.05, 3.63) is 40.0 Å². The van der Waals surface area contributed by atoms with Gasteiger partial charge in [-0.25, -0.2) is 9.97 Å². The molecule has 178 valence electrons. The fraction of sp³-hybridized carbons (Fsp3) is 0.583. The maximum Gasteiger partial charge on any atom is 0.225 e. The highest BCUT2D eigenvalue weighted by Gasteiger charge is 2.34. The first-order valence-corrected chi connectivity index (χ1v) is 12.6. The van der Waals surface area contributed by atoms with Crippen molar-refractivity contribution in [2.45, 2.75) is 45.6 Å². The molecule has 0 radical (unpaired) electrons. The minimum absolute atomic E-state index is 0.112. The lowest BCUT2D eigenvalue weighted by atomic mass is 9.88. The third-order valence-electron chi connectivity index (χ3n) is 6.98. The monoisotopic (exact) mass is 470 g/mol. The van der Waals surface area contributed by atoms with Gasteiger partial charge in [-0.2, -0.15) is 0 Å².